The number of carbonyl (C=O) groups is 1. The number of aromatic nitrogens is 2. The Hall–Kier alpha value is -3.46. The van der Waals surface area contributed by atoms with Gasteiger partial charge in [0.1, 0.15) is 6.07 Å². The van der Waals surface area contributed by atoms with Crippen molar-refractivity contribution in [1.29, 1.82) is 5.26 Å². The Morgan fingerprint density at radius 3 is 2.79 bits per heavy atom. The number of benzene rings is 1. The molecule has 1 aliphatic carbocycles. The molecule has 1 N–H and O–H groups in total. The fraction of sp³-hybridized carbons (Fsp3) is 0.304. The number of anilines is 1. The summed E-state index contributed by atoms with van der Waals surface area (Å²) >= 11 is 0. The van der Waals surface area contributed by atoms with E-state index in [1.54, 1.807) is 12.3 Å². The molecule has 0 unspecified atom stereocenters. The van der Waals surface area contributed by atoms with E-state index >= 15 is 0 Å². The molecule has 0 bridgehead atoms. The van der Waals surface area contributed by atoms with Gasteiger partial charge in [0.2, 0.25) is 0 Å². The molecule has 29 heavy (non-hydrogen) atoms. The van der Waals surface area contributed by atoms with E-state index in [0.717, 1.165) is 51.9 Å². The van der Waals surface area contributed by atoms with Gasteiger partial charge in [-0.1, -0.05) is 11.6 Å². The van der Waals surface area contributed by atoms with Crippen molar-refractivity contribution in [2.24, 2.45) is 0 Å². The number of rotatable bonds is 5. The number of pyridine rings is 2. The minimum absolute atomic E-state index is 0.325. The summed E-state index contributed by atoms with van der Waals surface area (Å²) in [6, 6.07) is 9.97. The van der Waals surface area contributed by atoms with E-state index in [9.17, 15) is 10.1 Å². The molecule has 1 aromatic carbocycles. The zero-order valence-corrected chi connectivity index (χ0v) is 16.7. The maximum atomic E-state index is 12.0. The summed E-state index contributed by atoms with van der Waals surface area (Å²) in [5.41, 5.74) is 6.49. The van der Waals surface area contributed by atoms with Gasteiger partial charge in [-0.3, -0.25) is 9.97 Å². The predicted octanol–water partition coefficient (Wildman–Crippen LogP) is 4.39. The number of hydrogen-bond acceptors (Lipinski definition) is 6. The van der Waals surface area contributed by atoms with Crippen molar-refractivity contribution in [3.05, 3.63) is 64.1 Å². The lowest BCUT2D eigenvalue weighted by Gasteiger charge is -2.14. The van der Waals surface area contributed by atoms with Gasteiger partial charge in [-0.25, -0.2) is 4.79 Å². The average Bonchev–Trinajstić information content (AvgIpc) is 3.56. The van der Waals surface area contributed by atoms with Crippen LogP contribution >= 0.6 is 0 Å². The number of methoxy groups -OCH3 is 1. The first-order chi connectivity index (χ1) is 14.0. The zero-order chi connectivity index (χ0) is 20.5. The first-order valence-corrected chi connectivity index (χ1v) is 9.64. The first-order valence-electron chi connectivity index (χ1n) is 9.64. The highest BCUT2D eigenvalue weighted by Gasteiger charge is 2.30. The van der Waals surface area contributed by atoms with E-state index in [4.69, 9.17) is 9.72 Å². The van der Waals surface area contributed by atoms with Crippen molar-refractivity contribution < 1.29 is 9.53 Å². The number of ether oxygens (including phenoxy) is 1. The lowest BCUT2D eigenvalue weighted by molar-refractivity contribution is 0.0598. The van der Waals surface area contributed by atoms with Crippen LogP contribution in [0.4, 0.5) is 5.69 Å². The maximum absolute atomic E-state index is 12.0. The van der Waals surface area contributed by atoms with E-state index in [1.807, 2.05) is 26.0 Å². The van der Waals surface area contributed by atoms with Gasteiger partial charge in [0.25, 0.3) is 0 Å². The van der Waals surface area contributed by atoms with Crippen molar-refractivity contribution in [3.8, 4) is 6.07 Å². The molecular weight excluding hydrogens is 364 g/mol. The number of esters is 1. The molecule has 2 heterocycles. The Bertz CT molecular complexity index is 1160. The summed E-state index contributed by atoms with van der Waals surface area (Å²) in [4.78, 5) is 21.2. The third kappa shape index (κ3) is 3.64. The number of hydrogen-bond donors (Lipinski definition) is 1. The minimum Gasteiger partial charge on any atom is -0.465 e. The van der Waals surface area contributed by atoms with Crippen LogP contribution in [-0.4, -0.2) is 23.0 Å². The van der Waals surface area contributed by atoms with Crippen LogP contribution in [0, 0.1) is 25.2 Å². The van der Waals surface area contributed by atoms with Crippen LogP contribution in [-0.2, 0) is 11.3 Å². The number of aryl methyl sites for hydroxylation is 2. The molecule has 6 nitrogen and oxygen atoms in total. The Balaban J connectivity index is 1.69. The van der Waals surface area contributed by atoms with Gasteiger partial charge in [-0.15, -0.1) is 0 Å². The summed E-state index contributed by atoms with van der Waals surface area (Å²) in [6.45, 7) is 4.50. The smallest absolute Gasteiger partial charge is 0.339 e. The Morgan fingerprint density at radius 1 is 1.31 bits per heavy atom. The highest BCUT2D eigenvalue weighted by Crippen LogP contribution is 2.41. The minimum atomic E-state index is -0.350. The van der Waals surface area contributed by atoms with Gasteiger partial charge < -0.3 is 10.1 Å². The highest BCUT2D eigenvalue weighted by atomic mass is 16.5. The number of carbonyl (C=O) groups excluding carboxylic acids is 1. The molecule has 6 heteroatoms. The van der Waals surface area contributed by atoms with Gasteiger partial charge >= 0.3 is 5.97 Å². The molecule has 2 aromatic heterocycles. The van der Waals surface area contributed by atoms with Gasteiger partial charge in [0.05, 0.1) is 47.4 Å². The Labute approximate surface area is 169 Å². The van der Waals surface area contributed by atoms with Crippen molar-refractivity contribution in [2.45, 2.75) is 39.2 Å². The van der Waals surface area contributed by atoms with Crippen LogP contribution in [0.15, 0.2) is 30.5 Å². The van der Waals surface area contributed by atoms with Crippen molar-refractivity contribution >= 4 is 22.6 Å². The van der Waals surface area contributed by atoms with E-state index in [1.165, 1.54) is 7.11 Å². The summed E-state index contributed by atoms with van der Waals surface area (Å²) in [5.74, 6) is -0.0254. The molecular formula is C23H22N4O2. The molecule has 0 saturated heterocycles. The number of nitrogens with one attached hydrogen (secondary N) is 1. The summed E-state index contributed by atoms with van der Waals surface area (Å²) < 4.78 is 4.89. The molecule has 3 aromatic rings. The van der Waals surface area contributed by atoms with Crippen LogP contribution in [0.5, 0.6) is 0 Å². The van der Waals surface area contributed by atoms with Crippen LogP contribution in [0.1, 0.15) is 57.2 Å². The molecule has 1 fully saturated rings. The van der Waals surface area contributed by atoms with Gasteiger partial charge in [0.15, 0.2) is 0 Å². The van der Waals surface area contributed by atoms with E-state index in [-0.39, 0.29) is 5.97 Å². The van der Waals surface area contributed by atoms with E-state index in [0.29, 0.717) is 23.6 Å². The first kappa shape index (κ1) is 18.9. The number of nitrogens with zero attached hydrogens (tertiary/aromatic N) is 3. The molecule has 146 valence electrons. The summed E-state index contributed by atoms with van der Waals surface area (Å²) in [7, 11) is 1.39. The average molecular weight is 386 g/mol. The number of fused-ring (bicyclic) bond motifs is 1. The Kier molecular flexibility index (Phi) is 4.89. The standard InChI is InChI=1S/C23H22N4O2/c1-13-8-14(2)20-19(9-13)21(16(10-24)11-25-20)26-12-17-6-7-18(23(28)29-3)22(27-17)15-4-5-15/h6-9,11,15H,4-5,12H2,1-3H3,(H,25,26). The van der Waals surface area contributed by atoms with Crippen molar-refractivity contribution in [2.75, 3.05) is 12.4 Å². The summed E-state index contributed by atoms with van der Waals surface area (Å²) in [5, 5.41) is 13.9. The lowest BCUT2D eigenvalue weighted by atomic mass is 10.0. The van der Waals surface area contributed by atoms with Gasteiger partial charge in [-0.2, -0.15) is 5.26 Å². The quantitative estimate of drug-likeness (QED) is 0.654. The molecule has 1 aliphatic rings. The van der Waals surface area contributed by atoms with Crippen molar-refractivity contribution in [1.82, 2.24) is 9.97 Å². The second-order valence-corrected chi connectivity index (χ2v) is 7.49. The highest BCUT2D eigenvalue weighted by molar-refractivity contribution is 5.96. The van der Waals surface area contributed by atoms with Crippen molar-refractivity contribution in [3.63, 3.8) is 0 Å². The lowest BCUT2D eigenvalue weighted by Crippen LogP contribution is -2.11. The molecule has 0 atom stereocenters. The molecule has 0 amide bonds. The SMILES string of the molecule is COC(=O)c1ccc(CNc2c(C#N)cnc3c(C)cc(C)cc23)nc1C1CC1. The fourth-order valence-corrected chi connectivity index (χ4v) is 3.68. The largest absolute Gasteiger partial charge is 0.465 e. The molecule has 1 saturated carbocycles. The third-order valence-electron chi connectivity index (χ3n) is 5.22. The normalized spacial score (nSPS) is 13.2. The Morgan fingerprint density at radius 2 is 2.10 bits per heavy atom. The van der Waals surface area contributed by atoms with Crippen LogP contribution in [0.25, 0.3) is 10.9 Å². The molecule has 0 radical (unpaired) electrons. The van der Waals surface area contributed by atoms with Crippen LogP contribution in [0.2, 0.25) is 0 Å². The second kappa shape index (κ2) is 7.51. The van der Waals surface area contributed by atoms with Gasteiger partial charge in [-0.05, 0) is 50.5 Å². The van der Waals surface area contributed by atoms with Gasteiger partial charge in [0, 0.05) is 17.5 Å². The maximum Gasteiger partial charge on any atom is 0.339 e. The summed E-state index contributed by atoms with van der Waals surface area (Å²) in [6.07, 6.45) is 3.69. The second-order valence-electron chi connectivity index (χ2n) is 7.49. The predicted molar refractivity (Wildman–Crippen MR) is 111 cm³/mol. The molecule has 0 aliphatic heterocycles. The molecule has 0 spiro atoms. The van der Waals surface area contributed by atoms with E-state index in [2.05, 4.69) is 22.4 Å². The van der Waals surface area contributed by atoms with Crippen LogP contribution < -0.4 is 5.32 Å². The van der Waals surface area contributed by atoms with E-state index < -0.39 is 0 Å². The number of nitriles is 1. The van der Waals surface area contributed by atoms with Crippen LogP contribution in [0.3, 0.4) is 0 Å². The third-order valence-corrected chi connectivity index (χ3v) is 5.22. The monoisotopic (exact) mass is 386 g/mol. The topological polar surface area (TPSA) is 87.9 Å². The zero-order valence-electron chi connectivity index (χ0n) is 16.7. The fourth-order valence-electron chi connectivity index (χ4n) is 3.68. The molecule has 4 rings (SSSR count).